The van der Waals surface area contributed by atoms with Crippen molar-refractivity contribution in [1.82, 2.24) is 0 Å². The van der Waals surface area contributed by atoms with Crippen molar-refractivity contribution in [3.05, 3.63) is 29.8 Å². The fourth-order valence-electron chi connectivity index (χ4n) is 4.43. The molecule has 0 bridgehead atoms. The zero-order valence-electron chi connectivity index (χ0n) is 11.2. The van der Waals surface area contributed by atoms with Crippen LogP contribution in [-0.2, 0) is 0 Å². The molecule has 0 radical (unpaired) electrons. The molecule has 1 aromatic carbocycles. The van der Waals surface area contributed by atoms with E-state index in [0.717, 1.165) is 11.8 Å². The van der Waals surface area contributed by atoms with Gasteiger partial charge in [0.25, 0.3) is 0 Å². The highest BCUT2D eigenvalue weighted by Crippen LogP contribution is 2.72. The van der Waals surface area contributed by atoms with E-state index >= 15 is 0 Å². The summed E-state index contributed by atoms with van der Waals surface area (Å²) in [5.41, 5.74) is 2.23. The van der Waals surface area contributed by atoms with Crippen LogP contribution in [0.1, 0.15) is 56.9 Å². The summed E-state index contributed by atoms with van der Waals surface area (Å²) in [5, 5.41) is 5.60. The Bertz CT molecular complexity index is 406. The Morgan fingerprint density at radius 2 is 1.83 bits per heavy atom. The Morgan fingerprint density at radius 3 is 2.39 bits per heavy atom. The first-order valence-corrected chi connectivity index (χ1v) is 8.16. The van der Waals surface area contributed by atoms with Crippen molar-refractivity contribution in [2.75, 3.05) is 0 Å². The van der Waals surface area contributed by atoms with Crippen molar-refractivity contribution in [3.8, 4) is 0 Å². The predicted molar refractivity (Wildman–Crippen MR) is 78.5 cm³/mol. The van der Waals surface area contributed by atoms with Gasteiger partial charge in [-0.05, 0) is 59.7 Å². The topological polar surface area (TPSA) is 26.0 Å². The van der Waals surface area contributed by atoms with Gasteiger partial charge in [0.2, 0.25) is 0 Å². The summed E-state index contributed by atoms with van der Waals surface area (Å²) in [6.07, 6.45) is 8.62. The van der Waals surface area contributed by atoms with Gasteiger partial charge in [0.15, 0.2) is 0 Å². The lowest BCUT2D eigenvalue weighted by Gasteiger charge is -2.23. The minimum absolute atomic E-state index is 0.671. The lowest BCUT2D eigenvalue weighted by Crippen LogP contribution is -2.10. The summed E-state index contributed by atoms with van der Waals surface area (Å²) in [6.45, 7) is 2.37. The van der Waals surface area contributed by atoms with Gasteiger partial charge in [0.05, 0.1) is 0 Å². The Balaban J connectivity index is 1.82. The largest absolute Gasteiger partial charge is 0.274 e. The molecule has 0 amide bonds. The van der Waals surface area contributed by atoms with Crippen molar-refractivity contribution >= 4 is 11.9 Å². The van der Waals surface area contributed by atoms with E-state index in [1.807, 2.05) is 0 Å². The molecule has 98 valence electrons. The second-order valence-electron chi connectivity index (χ2n) is 5.97. The van der Waals surface area contributed by atoms with Crippen LogP contribution >= 0.6 is 11.9 Å². The molecular formula is C16H23NS. The molecule has 0 saturated heterocycles. The van der Waals surface area contributed by atoms with Gasteiger partial charge < -0.3 is 0 Å². The molecule has 1 spiro atoms. The summed E-state index contributed by atoms with van der Waals surface area (Å²) in [5.74, 6) is 1.77. The van der Waals surface area contributed by atoms with Gasteiger partial charge in [-0.3, -0.25) is 5.14 Å². The van der Waals surface area contributed by atoms with Crippen LogP contribution in [0, 0.1) is 11.3 Å². The maximum absolute atomic E-state index is 5.60. The van der Waals surface area contributed by atoms with Gasteiger partial charge in [-0.1, -0.05) is 44.7 Å². The molecule has 1 aromatic rings. The third-order valence-corrected chi connectivity index (χ3v) is 5.80. The first-order chi connectivity index (χ1) is 8.81. The van der Waals surface area contributed by atoms with Crippen LogP contribution in [0.25, 0.3) is 0 Å². The molecule has 2 saturated carbocycles. The Labute approximate surface area is 115 Å². The monoisotopic (exact) mass is 261 g/mol. The normalized spacial score (nSPS) is 29.4. The standard InChI is InChI=1S/C16H23NS/c1-2-14-15(16(14)10-4-3-5-11-16)12-6-8-13(18-17)9-7-12/h6-9,14-15H,2-5,10-11,17H2,1H3. The van der Waals surface area contributed by atoms with Gasteiger partial charge in [-0.25, -0.2) is 0 Å². The van der Waals surface area contributed by atoms with Crippen LogP contribution < -0.4 is 5.14 Å². The zero-order valence-corrected chi connectivity index (χ0v) is 12.0. The van der Waals surface area contributed by atoms with Crippen LogP contribution in [0.15, 0.2) is 29.2 Å². The second-order valence-corrected chi connectivity index (χ2v) is 6.68. The van der Waals surface area contributed by atoms with E-state index in [9.17, 15) is 0 Å². The molecule has 0 aromatic heterocycles. The lowest BCUT2D eigenvalue weighted by atomic mass is 9.82. The Morgan fingerprint density at radius 1 is 1.17 bits per heavy atom. The van der Waals surface area contributed by atoms with Gasteiger partial charge >= 0.3 is 0 Å². The molecule has 0 heterocycles. The summed E-state index contributed by atoms with van der Waals surface area (Å²) < 4.78 is 0. The molecule has 0 aliphatic heterocycles. The molecule has 2 aliphatic carbocycles. The number of rotatable bonds is 3. The Kier molecular flexibility index (Phi) is 3.42. The van der Waals surface area contributed by atoms with Crippen molar-refractivity contribution in [3.63, 3.8) is 0 Å². The Hall–Kier alpha value is -0.470. The van der Waals surface area contributed by atoms with E-state index < -0.39 is 0 Å². The van der Waals surface area contributed by atoms with Crippen molar-refractivity contribution < 1.29 is 0 Å². The van der Waals surface area contributed by atoms with E-state index in [-0.39, 0.29) is 0 Å². The third-order valence-electron chi connectivity index (χ3n) is 5.25. The highest BCUT2D eigenvalue weighted by Gasteiger charge is 2.62. The fourth-order valence-corrected chi connectivity index (χ4v) is 4.72. The average Bonchev–Trinajstić information content (AvgIpc) is 3.06. The van der Waals surface area contributed by atoms with Crippen LogP contribution in [-0.4, -0.2) is 0 Å². The minimum Gasteiger partial charge on any atom is -0.274 e. The van der Waals surface area contributed by atoms with Crippen molar-refractivity contribution in [2.45, 2.75) is 56.3 Å². The molecule has 18 heavy (non-hydrogen) atoms. The van der Waals surface area contributed by atoms with Crippen molar-refractivity contribution in [2.24, 2.45) is 16.5 Å². The summed E-state index contributed by atoms with van der Waals surface area (Å²) in [6, 6.07) is 8.99. The highest BCUT2D eigenvalue weighted by molar-refractivity contribution is 7.97. The molecule has 2 heteroatoms. The average molecular weight is 261 g/mol. The van der Waals surface area contributed by atoms with Crippen LogP contribution in [0.3, 0.4) is 0 Å². The lowest BCUT2D eigenvalue weighted by molar-refractivity contribution is 0.299. The van der Waals surface area contributed by atoms with Crippen LogP contribution in [0.5, 0.6) is 0 Å². The molecule has 1 nitrogen and oxygen atoms in total. The predicted octanol–water partition coefficient (Wildman–Crippen LogP) is 4.73. The highest BCUT2D eigenvalue weighted by atomic mass is 32.2. The quantitative estimate of drug-likeness (QED) is 0.796. The smallest absolute Gasteiger partial charge is 0.0226 e. The molecule has 3 rings (SSSR count). The van der Waals surface area contributed by atoms with Crippen LogP contribution in [0.2, 0.25) is 0 Å². The molecular weight excluding hydrogens is 238 g/mol. The zero-order chi connectivity index (χ0) is 12.6. The second kappa shape index (κ2) is 4.90. The summed E-state index contributed by atoms with van der Waals surface area (Å²) >= 11 is 1.34. The SMILES string of the molecule is CCC1C(c2ccc(SN)cc2)C12CCCCC2. The molecule has 2 N–H and O–H groups in total. The number of benzene rings is 1. The van der Waals surface area contributed by atoms with E-state index in [1.165, 1.54) is 55.4 Å². The molecule has 2 aliphatic rings. The first kappa shape index (κ1) is 12.6. The van der Waals surface area contributed by atoms with Crippen molar-refractivity contribution in [1.29, 1.82) is 0 Å². The van der Waals surface area contributed by atoms with E-state index in [4.69, 9.17) is 5.14 Å². The number of hydrogen-bond donors (Lipinski definition) is 1. The van der Waals surface area contributed by atoms with E-state index in [2.05, 4.69) is 31.2 Å². The van der Waals surface area contributed by atoms with Gasteiger partial charge in [-0.2, -0.15) is 0 Å². The molecule has 2 atom stereocenters. The molecule has 2 unspecified atom stereocenters. The maximum atomic E-state index is 5.60. The minimum atomic E-state index is 0.671. The first-order valence-electron chi connectivity index (χ1n) is 7.28. The summed E-state index contributed by atoms with van der Waals surface area (Å²) in [7, 11) is 0. The maximum Gasteiger partial charge on any atom is 0.0226 e. The van der Waals surface area contributed by atoms with Gasteiger partial charge in [0.1, 0.15) is 0 Å². The van der Waals surface area contributed by atoms with Crippen LogP contribution in [0.4, 0.5) is 0 Å². The summed E-state index contributed by atoms with van der Waals surface area (Å²) in [4.78, 5) is 1.17. The van der Waals surface area contributed by atoms with E-state index in [0.29, 0.717) is 5.41 Å². The number of hydrogen-bond acceptors (Lipinski definition) is 2. The fraction of sp³-hybridized carbons (Fsp3) is 0.625. The third kappa shape index (κ3) is 1.90. The van der Waals surface area contributed by atoms with E-state index in [1.54, 1.807) is 5.56 Å². The molecule has 2 fully saturated rings. The van der Waals surface area contributed by atoms with Gasteiger partial charge in [-0.15, -0.1) is 0 Å². The van der Waals surface area contributed by atoms with Gasteiger partial charge in [0, 0.05) is 4.90 Å². The number of nitrogens with two attached hydrogens (primary N) is 1.